The minimum Gasteiger partial charge on any atom is -0.317 e. The van der Waals surface area contributed by atoms with E-state index in [9.17, 15) is 4.79 Å². The van der Waals surface area contributed by atoms with Gasteiger partial charge in [-0.05, 0) is 93.1 Å². The van der Waals surface area contributed by atoms with E-state index in [2.05, 4.69) is 82.5 Å². The third kappa shape index (κ3) is 3.03. The van der Waals surface area contributed by atoms with Crippen LogP contribution in [0.3, 0.4) is 0 Å². The first-order chi connectivity index (χ1) is 15.3. The molecule has 0 aliphatic rings. The molecular weight excluding hydrogens is 414 g/mol. The number of rotatable bonds is 3. The molecule has 4 nitrogen and oxygen atoms in total. The molecule has 5 aromatic rings. The minimum atomic E-state index is 0.00527. The minimum absolute atomic E-state index is 0.00527. The van der Waals surface area contributed by atoms with Crippen molar-refractivity contribution in [3.8, 4) is 5.69 Å². The quantitative estimate of drug-likeness (QED) is 0.378. The molecule has 0 bridgehead atoms. The van der Waals surface area contributed by atoms with E-state index < -0.39 is 0 Å². The van der Waals surface area contributed by atoms with Crippen molar-refractivity contribution in [1.82, 2.24) is 14.0 Å². The molecule has 0 atom stereocenters. The predicted molar refractivity (Wildman–Crippen MR) is 134 cm³/mol. The molecule has 0 spiro atoms. The van der Waals surface area contributed by atoms with Crippen LogP contribution in [0.5, 0.6) is 0 Å². The lowest BCUT2D eigenvalue weighted by Gasteiger charge is -2.17. The Bertz CT molecular complexity index is 1630. The summed E-state index contributed by atoms with van der Waals surface area (Å²) in [5.74, 6) is 0. The lowest BCUT2D eigenvalue weighted by atomic mass is 10.1. The van der Waals surface area contributed by atoms with Crippen LogP contribution in [0.1, 0.15) is 46.1 Å². The molecule has 0 unspecified atom stereocenters. The second-order valence-corrected chi connectivity index (χ2v) is 9.68. The molecule has 0 saturated heterocycles. The van der Waals surface area contributed by atoms with Crippen molar-refractivity contribution in [1.29, 1.82) is 0 Å². The van der Waals surface area contributed by atoms with Crippen molar-refractivity contribution in [2.75, 3.05) is 0 Å². The van der Waals surface area contributed by atoms with Crippen LogP contribution in [0.2, 0.25) is 0 Å². The molecule has 0 aliphatic carbocycles. The van der Waals surface area contributed by atoms with Gasteiger partial charge in [0, 0.05) is 11.4 Å². The highest BCUT2D eigenvalue weighted by Crippen LogP contribution is 2.27. The smallest absolute Gasteiger partial charge is 0.274 e. The summed E-state index contributed by atoms with van der Waals surface area (Å²) in [5, 5.41) is 0. The van der Waals surface area contributed by atoms with Crippen LogP contribution in [0.4, 0.5) is 0 Å². The Balaban J connectivity index is 1.72. The number of aryl methyl sites for hydroxylation is 5. The summed E-state index contributed by atoms with van der Waals surface area (Å²) in [5.41, 5.74) is 11.4. The van der Waals surface area contributed by atoms with Gasteiger partial charge in [-0.1, -0.05) is 36.5 Å². The molecule has 5 rings (SSSR count). The normalized spacial score (nSPS) is 12.5. The topological polar surface area (TPSA) is 39.3 Å². The van der Waals surface area contributed by atoms with Gasteiger partial charge in [-0.2, -0.15) is 0 Å². The average Bonchev–Trinajstić information content (AvgIpc) is 3.34. The first-order valence-corrected chi connectivity index (χ1v) is 11.8. The van der Waals surface area contributed by atoms with E-state index >= 15 is 0 Å². The molecule has 3 heterocycles. The van der Waals surface area contributed by atoms with E-state index in [4.69, 9.17) is 4.98 Å². The summed E-state index contributed by atoms with van der Waals surface area (Å²) >= 11 is 1.46. The number of imidazole rings is 1. The molecule has 0 radical (unpaired) electrons. The first kappa shape index (κ1) is 20.7. The number of benzene rings is 2. The number of aromatic nitrogens is 3. The van der Waals surface area contributed by atoms with Crippen molar-refractivity contribution < 1.29 is 0 Å². The van der Waals surface area contributed by atoms with Gasteiger partial charge in [-0.15, -0.1) is 0 Å². The Morgan fingerprint density at radius 3 is 2.50 bits per heavy atom. The second-order valence-electron chi connectivity index (χ2n) is 8.67. The van der Waals surface area contributed by atoms with Gasteiger partial charge < -0.3 is 4.57 Å². The van der Waals surface area contributed by atoms with E-state index in [0.717, 1.165) is 33.7 Å². The van der Waals surface area contributed by atoms with E-state index in [1.807, 2.05) is 6.08 Å². The number of hydrogen-bond acceptors (Lipinski definition) is 3. The summed E-state index contributed by atoms with van der Waals surface area (Å²) in [7, 11) is 0. The Morgan fingerprint density at radius 2 is 1.75 bits per heavy atom. The molecule has 0 saturated carbocycles. The SMILES string of the molecule is CCc1cccc(C)c1-n1c(C)cc(/C=c2\sc3nc4cc(C)c(C)cc4n3c2=O)c1C. The van der Waals surface area contributed by atoms with Crippen LogP contribution < -0.4 is 10.1 Å². The third-order valence-corrected chi connectivity index (χ3v) is 7.51. The molecule has 5 heteroatoms. The average molecular weight is 442 g/mol. The summed E-state index contributed by atoms with van der Waals surface area (Å²) < 4.78 is 4.80. The lowest BCUT2D eigenvalue weighted by molar-refractivity contribution is 0.925. The highest BCUT2D eigenvalue weighted by molar-refractivity contribution is 7.15. The molecule has 2 aromatic carbocycles. The number of fused-ring (bicyclic) bond motifs is 3. The highest BCUT2D eigenvalue weighted by Gasteiger charge is 2.16. The maximum absolute atomic E-state index is 13.3. The number of nitrogens with zero attached hydrogens (tertiary/aromatic N) is 3. The Labute approximate surface area is 191 Å². The van der Waals surface area contributed by atoms with Gasteiger partial charge in [0.25, 0.3) is 5.56 Å². The van der Waals surface area contributed by atoms with Crippen molar-refractivity contribution in [3.63, 3.8) is 0 Å². The third-order valence-electron chi connectivity index (χ3n) is 6.54. The standard InChI is InChI=1S/C27H27N3OS/c1-7-20-10-8-9-15(2)25(20)29-18(5)13-21(19(29)6)14-24-26(31)30-23-12-17(4)16(3)11-22(23)28-27(30)32-24/h8-14H,7H2,1-6H3/b24-14-. The summed E-state index contributed by atoms with van der Waals surface area (Å²) in [6.07, 6.45) is 3.00. The Hall–Kier alpha value is -3.18. The molecular formula is C27H27N3OS. The predicted octanol–water partition coefficient (Wildman–Crippen LogP) is 5.35. The Morgan fingerprint density at radius 1 is 1.00 bits per heavy atom. The van der Waals surface area contributed by atoms with Gasteiger partial charge >= 0.3 is 0 Å². The fourth-order valence-corrected chi connectivity index (χ4v) is 5.64. The van der Waals surface area contributed by atoms with E-state index in [-0.39, 0.29) is 5.56 Å². The summed E-state index contributed by atoms with van der Waals surface area (Å²) in [4.78, 5) is 18.8. The number of thiazole rings is 1. The second kappa shape index (κ2) is 7.45. The maximum Gasteiger partial charge on any atom is 0.274 e. The molecule has 162 valence electrons. The van der Waals surface area contributed by atoms with Crippen LogP contribution in [0, 0.1) is 34.6 Å². The van der Waals surface area contributed by atoms with E-state index in [1.165, 1.54) is 45.0 Å². The largest absolute Gasteiger partial charge is 0.317 e. The fraction of sp³-hybridized carbons (Fsp3) is 0.259. The van der Waals surface area contributed by atoms with Crippen LogP contribution in [0.15, 0.2) is 41.2 Å². The van der Waals surface area contributed by atoms with Gasteiger partial charge in [0.05, 0.1) is 21.3 Å². The van der Waals surface area contributed by atoms with Crippen LogP contribution in [0.25, 0.3) is 27.8 Å². The van der Waals surface area contributed by atoms with Gasteiger partial charge in [0.15, 0.2) is 4.96 Å². The van der Waals surface area contributed by atoms with Crippen molar-refractivity contribution in [2.24, 2.45) is 0 Å². The van der Waals surface area contributed by atoms with Crippen LogP contribution in [-0.2, 0) is 6.42 Å². The molecule has 0 N–H and O–H groups in total. The molecule has 3 aromatic heterocycles. The lowest BCUT2D eigenvalue weighted by Crippen LogP contribution is -2.22. The van der Waals surface area contributed by atoms with Crippen LogP contribution >= 0.6 is 11.3 Å². The first-order valence-electron chi connectivity index (χ1n) is 11.0. The van der Waals surface area contributed by atoms with Gasteiger partial charge in [-0.25, -0.2) is 9.38 Å². The molecule has 32 heavy (non-hydrogen) atoms. The summed E-state index contributed by atoms with van der Waals surface area (Å²) in [6, 6.07) is 12.8. The van der Waals surface area contributed by atoms with E-state index in [0.29, 0.717) is 4.53 Å². The fourth-order valence-electron chi connectivity index (χ4n) is 4.66. The Kier molecular flexibility index (Phi) is 4.82. The zero-order valence-electron chi connectivity index (χ0n) is 19.4. The van der Waals surface area contributed by atoms with Gasteiger partial charge in [0.2, 0.25) is 0 Å². The summed E-state index contributed by atoms with van der Waals surface area (Å²) in [6.45, 7) is 12.8. The van der Waals surface area contributed by atoms with Crippen molar-refractivity contribution in [3.05, 3.63) is 90.5 Å². The van der Waals surface area contributed by atoms with Crippen molar-refractivity contribution >= 4 is 33.4 Å². The number of para-hydroxylation sites is 1. The van der Waals surface area contributed by atoms with E-state index in [1.54, 1.807) is 4.40 Å². The zero-order valence-corrected chi connectivity index (χ0v) is 20.2. The maximum atomic E-state index is 13.3. The van der Waals surface area contributed by atoms with Gasteiger partial charge in [0.1, 0.15) is 0 Å². The van der Waals surface area contributed by atoms with Gasteiger partial charge in [-0.3, -0.25) is 4.79 Å². The highest BCUT2D eigenvalue weighted by atomic mass is 32.1. The van der Waals surface area contributed by atoms with Crippen LogP contribution in [-0.4, -0.2) is 14.0 Å². The zero-order chi connectivity index (χ0) is 22.7. The number of hydrogen-bond donors (Lipinski definition) is 0. The monoisotopic (exact) mass is 441 g/mol. The van der Waals surface area contributed by atoms with Crippen molar-refractivity contribution in [2.45, 2.75) is 48.0 Å². The molecule has 0 aliphatic heterocycles. The molecule has 0 amide bonds. The molecule has 0 fully saturated rings.